The molecule has 0 radical (unpaired) electrons. The quantitative estimate of drug-likeness (QED) is 0.839. The summed E-state index contributed by atoms with van der Waals surface area (Å²) in [6.07, 6.45) is 4.19. The minimum absolute atomic E-state index is 0.317. The molecule has 0 aromatic carbocycles. The van der Waals surface area contributed by atoms with Gasteiger partial charge in [-0.25, -0.2) is 4.79 Å². The number of carbonyl (C=O) groups is 1. The van der Waals surface area contributed by atoms with Gasteiger partial charge in [-0.05, 0) is 26.3 Å². The van der Waals surface area contributed by atoms with Gasteiger partial charge < -0.3 is 10.0 Å². The topological polar surface area (TPSA) is 58.4 Å². The maximum atomic E-state index is 11.4. The van der Waals surface area contributed by atoms with Gasteiger partial charge in [0.25, 0.3) is 0 Å². The van der Waals surface area contributed by atoms with E-state index in [1.54, 1.807) is 4.68 Å². The van der Waals surface area contributed by atoms with E-state index in [9.17, 15) is 9.90 Å². The maximum absolute atomic E-state index is 11.4. The second-order valence-electron chi connectivity index (χ2n) is 5.10. The van der Waals surface area contributed by atoms with Crippen molar-refractivity contribution < 1.29 is 9.90 Å². The van der Waals surface area contributed by atoms with Crippen LogP contribution in [-0.4, -0.2) is 39.3 Å². The summed E-state index contributed by atoms with van der Waals surface area (Å²) in [6, 6.07) is 0.317. The molecule has 1 N–H and O–H groups in total. The Morgan fingerprint density at radius 3 is 2.82 bits per heavy atom. The van der Waals surface area contributed by atoms with Crippen LogP contribution < -0.4 is 0 Å². The number of hydrogen-bond donors (Lipinski definition) is 1. The average Bonchev–Trinajstić information content (AvgIpc) is 2.52. The highest BCUT2D eigenvalue weighted by molar-refractivity contribution is 5.88. The molecule has 92 valence electrons. The first-order valence-corrected chi connectivity index (χ1v) is 6.19. The van der Waals surface area contributed by atoms with E-state index in [0.717, 1.165) is 37.1 Å². The molecule has 0 saturated heterocycles. The molecule has 0 bridgehead atoms. The summed E-state index contributed by atoms with van der Waals surface area (Å²) in [5.41, 5.74) is 2.35. The van der Waals surface area contributed by atoms with E-state index in [0.29, 0.717) is 18.3 Å². The molecule has 0 atom stereocenters. The van der Waals surface area contributed by atoms with E-state index in [4.69, 9.17) is 0 Å². The van der Waals surface area contributed by atoms with Crippen LogP contribution in [0, 0.1) is 0 Å². The molecular formula is C12H17N3O2. The lowest BCUT2D eigenvalue weighted by molar-refractivity contribution is 0.0673. The molecule has 17 heavy (non-hydrogen) atoms. The van der Waals surface area contributed by atoms with E-state index >= 15 is 0 Å². The third kappa shape index (κ3) is 1.65. The lowest BCUT2D eigenvalue weighted by Crippen LogP contribution is -2.27. The van der Waals surface area contributed by atoms with Gasteiger partial charge in [0.2, 0.25) is 0 Å². The van der Waals surface area contributed by atoms with Gasteiger partial charge in [-0.3, -0.25) is 4.68 Å². The molecule has 1 aliphatic carbocycles. The highest BCUT2D eigenvalue weighted by Gasteiger charge is 2.31. The second-order valence-corrected chi connectivity index (χ2v) is 5.10. The number of fused-ring (bicyclic) bond motifs is 1. The van der Waals surface area contributed by atoms with Crippen LogP contribution in [0.1, 0.15) is 47.1 Å². The minimum atomic E-state index is -0.832. The fourth-order valence-corrected chi connectivity index (χ4v) is 2.65. The Balaban J connectivity index is 2.06. The van der Waals surface area contributed by atoms with Crippen molar-refractivity contribution in [2.45, 2.75) is 38.3 Å². The van der Waals surface area contributed by atoms with E-state index in [1.807, 2.05) is 7.05 Å². The maximum Gasteiger partial charge on any atom is 0.354 e. The van der Waals surface area contributed by atoms with E-state index < -0.39 is 5.97 Å². The van der Waals surface area contributed by atoms with Crippen molar-refractivity contribution in [3.8, 4) is 0 Å². The van der Waals surface area contributed by atoms with Crippen LogP contribution in [0.5, 0.6) is 0 Å². The molecule has 1 fully saturated rings. The van der Waals surface area contributed by atoms with Crippen molar-refractivity contribution in [3.05, 3.63) is 17.0 Å². The molecule has 1 saturated carbocycles. The van der Waals surface area contributed by atoms with Gasteiger partial charge in [0.05, 0.1) is 11.7 Å². The van der Waals surface area contributed by atoms with Crippen molar-refractivity contribution in [1.82, 2.24) is 14.7 Å². The van der Waals surface area contributed by atoms with Crippen LogP contribution >= 0.6 is 0 Å². The number of hydrogen-bond acceptors (Lipinski definition) is 3. The zero-order valence-corrected chi connectivity index (χ0v) is 10.0. The fraction of sp³-hybridized carbons (Fsp3) is 0.667. The van der Waals surface area contributed by atoms with Crippen LogP contribution in [0.25, 0.3) is 0 Å². The molecule has 5 nitrogen and oxygen atoms in total. The number of carboxylic acids is 1. The largest absolute Gasteiger partial charge is 0.477 e. The molecule has 1 aromatic heterocycles. The van der Waals surface area contributed by atoms with Crippen molar-refractivity contribution in [3.63, 3.8) is 0 Å². The number of likely N-dealkylation sites (N-methyl/N-ethyl adjacent to an activating group) is 1. The summed E-state index contributed by atoms with van der Waals surface area (Å²) in [7, 11) is 2.02. The van der Waals surface area contributed by atoms with E-state index in [1.165, 1.54) is 6.42 Å². The fourth-order valence-electron chi connectivity index (χ4n) is 2.65. The summed E-state index contributed by atoms with van der Waals surface area (Å²) in [4.78, 5) is 13.6. The van der Waals surface area contributed by atoms with Crippen LogP contribution in [0.3, 0.4) is 0 Å². The van der Waals surface area contributed by atoms with Gasteiger partial charge in [-0.2, -0.15) is 5.10 Å². The number of aromatic nitrogens is 2. The highest BCUT2D eigenvalue weighted by atomic mass is 16.4. The first-order chi connectivity index (χ1) is 8.16. The monoisotopic (exact) mass is 235 g/mol. The summed E-state index contributed by atoms with van der Waals surface area (Å²) >= 11 is 0. The summed E-state index contributed by atoms with van der Waals surface area (Å²) in [6.45, 7) is 1.68. The van der Waals surface area contributed by atoms with E-state index in [2.05, 4.69) is 10.00 Å². The van der Waals surface area contributed by atoms with Crippen LogP contribution in [-0.2, 0) is 13.0 Å². The van der Waals surface area contributed by atoms with Crippen molar-refractivity contribution in [2.75, 3.05) is 13.6 Å². The minimum Gasteiger partial charge on any atom is -0.477 e. The van der Waals surface area contributed by atoms with Gasteiger partial charge in [-0.1, -0.05) is 0 Å². The summed E-state index contributed by atoms with van der Waals surface area (Å²) in [5.74, 6) is -0.832. The predicted molar refractivity (Wildman–Crippen MR) is 62.1 cm³/mol. The molecule has 1 aliphatic heterocycles. The van der Waals surface area contributed by atoms with Crippen LogP contribution in [0.4, 0.5) is 0 Å². The Bertz CT molecular complexity index is 463. The van der Waals surface area contributed by atoms with Crippen molar-refractivity contribution in [1.29, 1.82) is 0 Å². The SMILES string of the molecule is CN1CCc2nn(C3CCC3)c(C(=O)O)c2C1. The molecule has 1 aromatic rings. The highest BCUT2D eigenvalue weighted by Crippen LogP contribution is 2.34. The summed E-state index contributed by atoms with van der Waals surface area (Å²) in [5, 5.41) is 13.9. The van der Waals surface area contributed by atoms with Crippen LogP contribution in [0.2, 0.25) is 0 Å². The zero-order valence-electron chi connectivity index (χ0n) is 10.0. The number of nitrogens with zero attached hydrogens (tertiary/aromatic N) is 3. The molecular weight excluding hydrogens is 218 g/mol. The van der Waals surface area contributed by atoms with Gasteiger partial charge >= 0.3 is 5.97 Å². The lowest BCUT2D eigenvalue weighted by atomic mass is 9.93. The Kier molecular flexibility index (Phi) is 2.43. The molecule has 0 amide bonds. The second kappa shape index (κ2) is 3.84. The molecule has 5 heteroatoms. The lowest BCUT2D eigenvalue weighted by Gasteiger charge is -2.26. The number of carboxylic acid groups (broad SMARTS) is 1. The predicted octanol–water partition coefficient (Wildman–Crippen LogP) is 1.29. The summed E-state index contributed by atoms with van der Waals surface area (Å²) < 4.78 is 1.77. The van der Waals surface area contributed by atoms with Gasteiger partial charge in [-0.15, -0.1) is 0 Å². The molecule has 0 spiro atoms. The Labute approximate surface area is 100 Å². The van der Waals surface area contributed by atoms with Gasteiger partial charge in [0.1, 0.15) is 0 Å². The van der Waals surface area contributed by atoms with Crippen molar-refractivity contribution >= 4 is 5.97 Å². The third-order valence-corrected chi connectivity index (χ3v) is 3.87. The zero-order chi connectivity index (χ0) is 12.0. The standard InChI is InChI=1S/C12H17N3O2/c1-14-6-5-10-9(7-14)11(12(16)17)15(13-10)8-3-2-4-8/h8H,2-7H2,1H3,(H,16,17). The molecule has 3 rings (SSSR count). The Hall–Kier alpha value is -1.36. The Morgan fingerprint density at radius 1 is 1.47 bits per heavy atom. The Morgan fingerprint density at radius 2 is 2.24 bits per heavy atom. The normalized spacial score (nSPS) is 21.0. The van der Waals surface area contributed by atoms with E-state index in [-0.39, 0.29) is 0 Å². The third-order valence-electron chi connectivity index (χ3n) is 3.87. The van der Waals surface area contributed by atoms with Gasteiger partial charge in [0.15, 0.2) is 5.69 Å². The molecule has 2 aliphatic rings. The smallest absolute Gasteiger partial charge is 0.354 e. The molecule has 2 heterocycles. The number of rotatable bonds is 2. The number of aromatic carboxylic acids is 1. The van der Waals surface area contributed by atoms with Crippen molar-refractivity contribution in [2.24, 2.45) is 0 Å². The average molecular weight is 235 g/mol. The van der Waals surface area contributed by atoms with Crippen LogP contribution in [0.15, 0.2) is 0 Å². The van der Waals surface area contributed by atoms with Gasteiger partial charge in [0, 0.05) is 25.1 Å². The first-order valence-electron chi connectivity index (χ1n) is 6.19. The first kappa shape index (κ1) is 10.8. The molecule has 0 unspecified atom stereocenters.